The molecule has 3 N–H and O–H groups in total. The number of hydrogen-bond donors (Lipinski definition) is 2. The van der Waals surface area contributed by atoms with Gasteiger partial charge in [-0.25, -0.2) is 15.0 Å². The molecule has 9 heteroatoms. The summed E-state index contributed by atoms with van der Waals surface area (Å²) in [5.41, 5.74) is 10.0. The highest BCUT2D eigenvalue weighted by atomic mass is 35.5. The van der Waals surface area contributed by atoms with Crippen LogP contribution in [0.4, 0.5) is 5.82 Å². The van der Waals surface area contributed by atoms with Crippen molar-refractivity contribution < 1.29 is 9.84 Å². The number of halogens is 1. The van der Waals surface area contributed by atoms with Crippen LogP contribution in [0.2, 0.25) is 5.02 Å². The highest BCUT2D eigenvalue weighted by Gasteiger charge is 2.46. The summed E-state index contributed by atoms with van der Waals surface area (Å²) in [6, 6.07) is 10.4. The van der Waals surface area contributed by atoms with Gasteiger partial charge in [0.2, 0.25) is 5.88 Å². The first kappa shape index (κ1) is 22.4. The summed E-state index contributed by atoms with van der Waals surface area (Å²) in [5, 5.41) is 11.1. The fourth-order valence-corrected chi connectivity index (χ4v) is 6.13. The van der Waals surface area contributed by atoms with Crippen molar-refractivity contribution in [1.29, 1.82) is 0 Å². The van der Waals surface area contributed by atoms with Crippen molar-refractivity contribution in [3.63, 3.8) is 0 Å². The van der Waals surface area contributed by atoms with Crippen molar-refractivity contribution in [2.45, 2.75) is 41.8 Å². The molecule has 1 spiro atoms. The maximum absolute atomic E-state index is 10.0. The van der Waals surface area contributed by atoms with E-state index in [1.165, 1.54) is 30.0 Å². The Morgan fingerprint density at radius 1 is 1.24 bits per heavy atom. The van der Waals surface area contributed by atoms with Gasteiger partial charge in [0.25, 0.3) is 0 Å². The third-order valence-corrected chi connectivity index (χ3v) is 8.27. The van der Waals surface area contributed by atoms with Gasteiger partial charge in [-0.15, -0.1) is 0 Å². The van der Waals surface area contributed by atoms with Crippen LogP contribution < -0.4 is 15.4 Å². The zero-order valence-electron chi connectivity index (χ0n) is 18.4. The summed E-state index contributed by atoms with van der Waals surface area (Å²) in [6.45, 7) is 1.49. The van der Waals surface area contributed by atoms with Gasteiger partial charge in [0.05, 0.1) is 19.9 Å². The average Bonchev–Trinajstić information content (AvgIpc) is 3.12. The van der Waals surface area contributed by atoms with E-state index >= 15 is 0 Å². The third kappa shape index (κ3) is 4.05. The number of piperidine rings is 1. The molecule has 1 saturated heterocycles. The summed E-state index contributed by atoms with van der Waals surface area (Å²) < 4.78 is 5.19. The molecule has 0 bridgehead atoms. The fourth-order valence-electron chi connectivity index (χ4n) is 5.03. The predicted molar refractivity (Wildman–Crippen MR) is 129 cm³/mol. The Morgan fingerprint density at radius 2 is 2.03 bits per heavy atom. The van der Waals surface area contributed by atoms with E-state index in [0.717, 1.165) is 43.1 Å². The first-order valence-electron chi connectivity index (χ1n) is 11.0. The summed E-state index contributed by atoms with van der Waals surface area (Å²) >= 11 is 7.73. The van der Waals surface area contributed by atoms with E-state index in [9.17, 15) is 5.11 Å². The number of fused-ring (bicyclic) bond motifs is 1. The molecule has 2 aliphatic rings. The molecule has 33 heavy (non-hydrogen) atoms. The molecule has 0 unspecified atom stereocenters. The normalized spacial score (nSPS) is 19.0. The highest BCUT2D eigenvalue weighted by molar-refractivity contribution is 7.99. The lowest BCUT2D eigenvalue weighted by molar-refractivity contribution is 0.186. The second-order valence-electron chi connectivity index (χ2n) is 8.57. The number of anilines is 1. The molecule has 3 heterocycles. The first-order valence-corrected chi connectivity index (χ1v) is 12.2. The van der Waals surface area contributed by atoms with Crippen LogP contribution in [-0.2, 0) is 13.0 Å². The molecule has 5 rings (SSSR count). The van der Waals surface area contributed by atoms with Crippen molar-refractivity contribution >= 4 is 29.2 Å². The maximum Gasteiger partial charge on any atom is 0.233 e. The van der Waals surface area contributed by atoms with Gasteiger partial charge in [-0.05, 0) is 41.9 Å². The Morgan fingerprint density at radius 3 is 2.76 bits per heavy atom. The van der Waals surface area contributed by atoms with Crippen molar-refractivity contribution in [2.75, 3.05) is 25.1 Å². The van der Waals surface area contributed by atoms with Crippen molar-refractivity contribution in [1.82, 2.24) is 15.0 Å². The highest BCUT2D eigenvalue weighted by Crippen LogP contribution is 2.51. The van der Waals surface area contributed by atoms with Gasteiger partial charge in [-0.1, -0.05) is 47.6 Å². The van der Waals surface area contributed by atoms with E-state index in [2.05, 4.69) is 44.1 Å². The number of hydrogen-bond acceptors (Lipinski definition) is 8. The van der Waals surface area contributed by atoms with Crippen LogP contribution in [0.5, 0.6) is 5.88 Å². The Hall–Kier alpha value is -2.39. The monoisotopic (exact) mass is 483 g/mol. The van der Waals surface area contributed by atoms with Gasteiger partial charge in [-0.2, -0.15) is 0 Å². The zero-order chi connectivity index (χ0) is 23.0. The molecule has 1 aromatic carbocycles. The predicted octanol–water partition coefficient (Wildman–Crippen LogP) is 4.02. The number of aliphatic hydroxyl groups is 1. The minimum Gasteiger partial charge on any atom is -0.480 e. The van der Waals surface area contributed by atoms with Gasteiger partial charge in [0.1, 0.15) is 15.7 Å². The molecule has 1 fully saturated rings. The van der Waals surface area contributed by atoms with E-state index in [1.54, 1.807) is 18.5 Å². The average molecular weight is 484 g/mol. The van der Waals surface area contributed by atoms with Crippen molar-refractivity contribution in [2.24, 2.45) is 11.1 Å². The lowest BCUT2D eigenvalue weighted by Crippen LogP contribution is -2.45. The SMILES string of the molecule is COc1nccc(Sc2cnc(N3CCC4(CC3)Cc3ccccc3[C@H]4N)c(CO)n2)c1Cl. The first-order chi connectivity index (χ1) is 16.0. The Bertz CT molecular complexity index is 1170. The van der Waals surface area contributed by atoms with Crippen LogP contribution in [0.25, 0.3) is 0 Å². The number of aliphatic hydroxyl groups excluding tert-OH is 1. The van der Waals surface area contributed by atoms with E-state index in [4.69, 9.17) is 22.1 Å². The third-order valence-electron chi connectivity index (χ3n) is 6.83. The molecule has 7 nitrogen and oxygen atoms in total. The lowest BCUT2D eigenvalue weighted by atomic mass is 9.73. The molecule has 1 aliphatic heterocycles. The number of nitrogens with zero attached hydrogens (tertiary/aromatic N) is 4. The van der Waals surface area contributed by atoms with E-state index < -0.39 is 0 Å². The van der Waals surface area contributed by atoms with E-state index in [0.29, 0.717) is 21.6 Å². The molecule has 1 aliphatic carbocycles. The van der Waals surface area contributed by atoms with Crippen LogP contribution in [0.1, 0.15) is 35.7 Å². The Labute approximate surface area is 202 Å². The molecule has 0 radical (unpaired) electrons. The van der Waals surface area contributed by atoms with E-state index in [1.807, 2.05) is 0 Å². The minimum absolute atomic E-state index is 0.0696. The van der Waals surface area contributed by atoms with Crippen LogP contribution in [0.3, 0.4) is 0 Å². The second-order valence-corrected chi connectivity index (χ2v) is 10.0. The van der Waals surface area contributed by atoms with Crippen LogP contribution in [0.15, 0.2) is 52.6 Å². The van der Waals surface area contributed by atoms with Crippen LogP contribution in [0, 0.1) is 5.41 Å². The Kier molecular flexibility index (Phi) is 6.18. The summed E-state index contributed by atoms with van der Waals surface area (Å²) in [7, 11) is 1.53. The molecule has 172 valence electrons. The molecule has 3 aromatic rings. The maximum atomic E-state index is 10.0. The number of ether oxygens (including phenoxy) is 1. The van der Waals surface area contributed by atoms with Gasteiger partial charge < -0.3 is 20.5 Å². The lowest BCUT2D eigenvalue weighted by Gasteiger charge is -2.42. The van der Waals surface area contributed by atoms with E-state index in [-0.39, 0.29) is 18.1 Å². The Balaban J connectivity index is 1.32. The molecule has 2 aromatic heterocycles. The molecule has 0 saturated carbocycles. The molecule has 1 atom stereocenters. The standard InChI is InChI=1S/C24H26ClN5O2S/c1-32-23-20(25)18(6-9-27-23)33-19-13-28-22(17(14-31)29-19)30-10-7-24(8-11-30)12-15-4-2-3-5-16(15)21(24)26/h2-6,9,13,21,31H,7-8,10-12,14,26H2,1H3/t21-/m1/s1. The summed E-state index contributed by atoms with van der Waals surface area (Å²) in [5.74, 6) is 1.10. The number of aromatic nitrogens is 3. The smallest absolute Gasteiger partial charge is 0.233 e. The molecular formula is C24H26ClN5O2S. The van der Waals surface area contributed by atoms with Gasteiger partial charge in [0, 0.05) is 30.2 Å². The number of nitrogens with two attached hydrogens (primary N) is 1. The van der Waals surface area contributed by atoms with Gasteiger partial charge in [0.15, 0.2) is 5.82 Å². The quantitative estimate of drug-likeness (QED) is 0.561. The zero-order valence-corrected chi connectivity index (χ0v) is 19.9. The number of rotatable bonds is 5. The molecule has 0 amide bonds. The minimum atomic E-state index is -0.184. The summed E-state index contributed by atoms with van der Waals surface area (Å²) in [6.07, 6.45) is 6.36. The largest absolute Gasteiger partial charge is 0.480 e. The topological polar surface area (TPSA) is 97.4 Å². The van der Waals surface area contributed by atoms with Gasteiger partial charge >= 0.3 is 0 Å². The number of benzene rings is 1. The van der Waals surface area contributed by atoms with Gasteiger partial charge in [-0.3, -0.25) is 0 Å². The number of pyridine rings is 1. The summed E-state index contributed by atoms with van der Waals surface area (Å²) in [4.78, 5) is 16.4. The molecular weight excluding hydrogens is 458 g/mol. The fraction of sp³-hybridized carbons (Fsp3) is 0.375. The van der Waals surface area contributed by atoms with Crippen molar-refractivity contribution in [3.8, 4) is 5.88 Å². The number of methoxy groups -OCH3 is 1. The van der Waals surface area contributed by atoms with Crippen LogP contribution in [-0.4, -0.2) is 40.3 Å². The van der Waals surface area contributed by atoms with Crippen LogP contribution >= 0.6 is 23.4 Å². The van der Waals surface area contributed by atoms with Crippen molar-refractivity contribution in [3.05, 3.63) is 64.6 Å². The second kappa shape index (κ2) is 9.10.